The Hall–Kier alpha value is -2.63. The van der Waals surface area contributed by atoms with E-state index in [9.17, 15) is 14.0 Å². The third-order valence-electron chi connectivity index (χ3n) is 3.17. The highest BCUT2D eigenvalue weighted by Gasteiger charge is 2.22. The molecule has 0 saturated heterocycles. The van der Waals surface area contributed by atoms with E-state index in [1.54, 1.807) is 7.05 Å². The molecule has 0 amide bonds. The van der Waals surface area contributed by atoms with Crippen molar-refractivity contribution in [1.82, 2.24) is 4.57 Å². The molecule has 0 bridgehead atoms. The van der Waals surface area contributed by atoms with Gasteiger partial charge in [0.25, 0.3) is 0 Å². The number of carboxylic acids is 1. The van der Waals surface area contributed by atoms with Crippen LogP contribution in [0.25, 0.3) is 0 Å². The Balaban J connectivity index is 2.46. The average Bonchev–Trinajstić information content (AvgIpc) is 2.75. The summed E-state index contributed by atoms with van der Waals surface area (Å²) in [6, 6.07) is 6.66. The lowest BCUT2D eigenvalue weighted by Gasteiger charge is -2.07. The number of benzene rings is 1. The Morgan fingerprint density at radius 1 is 1.29 bits per heavy atom. The number of ketones is 1. The van der Waals surface area contributed by atoms with Gasteiger partial charge in [0.2, 0.25) is 5.78 Å². The lowest BCUT2D eigenvalue weighted by molar-refractivity contribution is -0.136. The van der Waals surface area contributed by atoms with E-state index >= 15 is 0 Å². The molecule has 0 spiro atoms. The Labute approximate surface area is 120 Å². The minimum Gasteiger partial charge on any atom is -0.494 e. The van der Waals surface area contributed by atoms with Crippen LogP contribution in [0, 0.1) is 5.82 Å². The number of methoxy groups -OCH3 is 1. The zero-order valence-electron chi connectivity index (χ0n) is 11.6. The van der Waals surface area contributed by atoms with Gasteiger partial charge in [0.05, 0.1) is 13.5 Å². The third-order valence-corrected chi connectivity index (χ3v) is 3.17. The smallest absolute Gasteiger partial charge is 0.309 e. The van der Waals surface area contributed by atoms with Crippen LogP contribution < -0.4 is 4.74 Å². The number of aromatic nitrogens is 1. The summed E-state index contributed by atoms with van der Waals surface area (Å²) in [4.78, 5) is 23.3. The van der Waals surface area contributed by atoms with Crippen molar-refractivity contribution in [2.24, 2.45) is 7.05 Å². The van der Waals surface area contributed by atoms with Gasteiger partial charge in [-0.15, -0.1) is 0 Å². The van der Waals surface area contributed by atoms with Crippen molar-refractivity contribution in [2.45, 2.75) is 6.42 Å². The van der Waals surface area contributed by atoms with Crippen LogP contribution in [0.1, 0.15) is 21.7 Å². The molecule has 5 nitrogen and oxygen atoms in total. The molecule has 0 aliphatic rings. The zero-order chi connectivity index (χ0) is 15.6. The molecule has 2 rings (SSSR count). The van der Waals surface area contributed by atoms with E-state index in [1.165, 1.54) is 42.0 Å². The Morgan fingerprint density at radius 2 is 1.90 bits per heavy atom. The second kappa shape index (κ2) is 5.78. The topological polar surface area (TPSA) is 68.5 Å². The van der Waals surface area contributed by atoms with Crippen molar-refractivity contribution in [3.63, 3.8) is 0 Å². The van der Waals surface area contributed by atoms with E-state index in [4.69, 9.17) is 9.84 Å². The number of ether oxygens (including phenoxy) is 1. The van der Waals surface area contributed by atoms with Gasteiger partial charge in [-0.25, -0.2) is 4.39 Å². The molecule has 0 fully saturated rings. The summed E-state index contributed by atoms with van der Waals surface area (Å²) in [5.74, 6) is -1.50. The summed E-state index contributed by atoms with van der Waals surface area (Å²) in [6.07, 6.45) is -0.219. The number of halogens is 1. The molecule has 0 atom stereocenters. The normalized spacial score (nSPS) is 10.4. The van der Waals surface area contributed by atoms with Gasteiger partial charge in [-0.3, -0.25) is 9.59 Å². The standard InChI is InChI=1S/C15H14FNO4/c1-17-11(8-13(18)19)7-12(21-2)14(17)15(20)9-3-5-10(16)6-4-9/h3-7H,8H2,1-2H3,(H,18,19). The maximum absolute atomic E-state index is 12.9. The minimum atomic E-state index is -1.00. The molecule has 0 saturated carbocycles. The summed E-state index contributed by atoms with van der Waals surface area (Å²) < 4.78 is 19.5. The van der Waals surface area contributed by atoms with E-state index in [2.05, 4.69) is 0 Å². The summed E-state index contributed by atoms with van der Waals surface area (Å²) in [5.41, 5.74) is 0.989. The molecule has 1 aromatic heterocycles. The number of carboxylic acid groups (broad SMARTS) is 1. The lowest BCUT2D eigenvalue weighted by Crippen LogP contribution is -2.12. The predicted molar refractivity (Wildman–Crippen MR) is 73.1 cm³/mol. The fourth-order valence-corrected chi connectivity index (χ4v) is 2.11. The predicted octanol–water partition coefficient (Wildman–Crippen LogP) is 2.03. The SMILES string of the molecule is COc1cc(CC(=O)O)n(C)c1C(=O)c1ccc(F)cc1. The second-order valence-corrected chi connectivity index (χ2v) is 4.52. The molecular weight excluding hydrogens is 277 g/mol. The molecule has 0 unspecified atom stereocenters. The summed E-state index contributed by atoms with van der Waals surface area (Å²) in [6.45, 7) is 0. The molecule has 1 heterocycles. The van der Waals surface area contributed by atoms with Crippen molar-refractivity contribution < 1.29 is 23.8 Å². The summed E-state index contributed by atoms with van der Waals surface area (Å²) >= 11 is 0. The molecule has 1 aromatic carbocycles. The van der Waals surface area contributed by atoms with Crippen LogP contribution in [-0.4, -0.2) is 28.5 Å². The second-order valence-electron chi connectivity index (χ2n) is 4.52. The number of aliphatic carboxylic acids is 1. The number of carbonyl (C=O) groups is 2. The monoisotopic (exact) mass is 291 g/mol. The Kier molecular flexibility index (Phi) is 4.07. The van der Waals surface area contributed by atoms with Gasteiger partial charge >= 0.3 is 5.97 Å². The van der Waals surface area contributed by atoms with E-state index in [0.29, 0.717) is 17.0 Å². The van der Waals surface area contributed by atoms with Gasteiger partial charge in [-0.2, -0.15) is 0 Å². The molecule has 1 N–H and O–H groups in total. The average molecular weight is 291 g/mol. The third kappa shape index (κ3) is 2.94. The van der Waals surface area contributed by atoms with Crippen molar-refractivity contribution in [3.05, 3.63) is 53.1 Å². The lowest BCUT2D eigenvalue weighted by atomic mass is 10.1. The van der Waals surface area contributed by atoms with E-state index in [-0.39, 0.29) is 17.9 Å². The maximum atomic E-state index is 12.9. The van der Waals surface area contributed by atoms with Crippen molar-refractivity contribution in [3.8, 4) is 5.75 Å². The van der Waals surface area contributed by atoms with Gasteiger partial charge in [0, 0.05) is 24.4 Å². The molecule has 2 aromatic rings. The van der Waals surface area contributed by atoms with Gasteiger partial charge in [0.15, 0.2) is 0 Å². The quantitative estimate of drug-likeness (QED) is 0.856. The number of nitrogens with zero attached hydrogens (tertiary/aromatic N) is 1. The van der Waals surface area contributed by atoms with Crippen molar-refractivity contribution >= 4 is 11.8 Å². The number of hydrogen-bond donors (Lipinski definition) is 1. The summed E-state index contributed by atoms with van der Waals surface area (Å²) in [5, 5.41) is 8.87. The van der Waals surface area contributed by atoms with Crippen molar-refractivity contribution in [1.29, 1.82) is 0 Å². The highest BCUT2D eigenvalue weighted by atomic mass is 19.1. The maximum Gasteiger partial charge on any atom is 0.309 e. The molecular formula is C15H14FNO4. The first-order valence-corrected chi connectivity index (χ1v) is 6.18. The molecule has 0 radical (unpaired) electrons. The fraction of sp³-hybridized carbons (Fsp3) is 0.200. The first-order chi connectivity index (χ1) is 9.93. The van der Waals surface area contributed by atoms with E-state index in [1.807, 2.05) is 0 Å². The van der Waals surface area contributed by atoms with E-state index in [0.717, 1.165) is 0 Å². The van der Waals surface area contributed by atoms with Gasteiger partial charge in [0.1, 0.15) is 17.3 Å². The summed E-state index contributed by atoms with van der Waals surface area (Å²) in [7, 11) is 3.00. The molecule has 0 aliphatic carbocycles. The molecule has 6 heteroatoms. The molecule has 21 heavy (non-hydrogen) atoms. The Morgan fingerprint density at radius 3 is 2.43 bits per heavy atom. The van der Waals surface area contributed by atoms with Gasteiger partial charge < -0.3 is 14.4 Å². The fourth-order valence-electron chi connectivity index (χ4n) is 2.11. The van der Waals surface area contributed by atoms with Crippen LogP contribution in [0.4, 0.5) is 4.39 Å². The molecule has 110 valence electrons. The number of hydrogen-bond acceptors (Lipinski definition) is 3. The van der Waals surface area contributed by atoms with Crippen LogP contribution in [-0.2, 0) is 18.3 Å². The van der Waals surface area contributed by atoms with Crippen LogP contribution in [0.3, 0.4) is 0 Å². The zero-order valence-corrected chi connectivity index (χ0v) is 11.6. The largest absolute Gasteiger partial charge is 0.494 e. The first kappa shape index (κ1) is 14.8. The number of rotatable bonds is 5. The van der Waals surface area contributed by atoms with Crippen LogP contribution in [0.5, 0.6) is 5.75 Å². The van der Waals surface area contributed by atoms with Gasteiger partial charge in [-0.1, -0.05) is 0 Å². The highest BCUT2D eigenvalue weighted by molar-refractivity contribution is 6.09. The van der Waals surface area contributed by atoms with E-state index < -0.39 is 11.8 Å². The van der Waals surface area contributed by atoms with Crippen molar-refractivity contribution in [2.75, 3.05) is 7.11 Å². The van der Waals surface area contributed by atoms with Crippen LogP contribution in [0.2, 0.25) is 0 Å². The minimum absolute atomic E-state index is 0.219. The molecule has 0 aliphatic heterocycles. The Bertz CT molecular complexity index is 688. The van der Waals surface area contributed by atoms with Crippen LogP contribution in [0.15, 0.2) is 30.3 Å². The highest BCUT2D eigenvalue weighted by Crippen LogP contribution is 2.26. The first-order valence-electron chi connectivity index (χ1n) is 6.18. The number of carbonyl (C=O) groups excluding carboxylic acids is 1. The van der Waals surface area contributed by atoms with Gasteiger partial charge in [-0.05, 0) is 24.3 Å². The van der Waals surface area contributed by atoms with Crippen LogP contribution >= 0.6 is 0 Å².